The van der Waals surface area contributed by atoms with Crippen LogP contribution in [0.2, 0.25) is 0 Å². The molecule has 0 saturated heterocycles. The summed E-state index contributed by atoms with van der Waals surface area (Å²) in [6, 6.07) is 7.34. The second kappa shape index (κ2) is 6.99. The number of hydrogen-bond donors (Lipinski definition) is 1. The van der Waals surface area contributed by atoms with Gasteiger partial charge in [0, 0.05) is 24.5 Å². The predicted molar refractivity (Wildman–Crippen MR) is 85.7 cm³/mol. The monoisotopic (exact) mass is 303 g/mol. The van der Waals surface area contributed by atoms with Gasteiger partial charge in [0.25, 0.3) is 0 Å². The highest BCUT2D eigenvalue weighted by Crippen LogP contribution is 2.13. The van der Waals surface area contributed by atoms with Gasteiger partial charge in [0.05, 0.1) is 6.61 Å². The van der Waals surface area contributed by atoms with Crippen molar-refractivity contribution < 1.29 is 4.74 Å². The van der Waals surface area contributed by atoms with Crippen LogP contribution in [0.25, 0.3) is 0 Å². The molecule has 0 saturated carbocycles. The highest BCUT2D eigenvalue weighted by molar-refractivity contribution is 7.80. The molecule has 0 aliphatic heterocycles. The quantitative estimate of drug-likeness (QED) is 0.649. The molecule has 0 aliphatic rings. The van der Waals surface area contributed by atoms with E-state index in [-0.39, 0.29) is 5.69 Å². The lowest BCUT2D eigenvalue weighted by molar-refractivity contribution is 0.300. The molecule has 1 heterocycles. The molecule has 0 amide bonds. The van der Waals surface area contributed by atoms with Crippen LogP contribution in [0, 0.1) is 6.92 Å². The van der Waals surface area contributed by atoms with Crippen molar-refractivity contribution in [1.29, 1.82) is 0 Å². The molecular weight excluding hydrogens is 286 g/mol. The van der Waals surface area contributed by atoms with E-state index in [2.05, 4.69) is 4.98 Å². The number of rotatable bonds is 6. The molecule has 0 fully saturated rings. The van der Waals surface area contributed by atoms with E-state index in [0.29, 0.717) is 24.6 Å². The van der Waals surface area contributed by atoms with Crippen molar-refractivity contribution in [2.45, 2.75) is 19.9 Å². The zero-order chi connectivity index (χ0) is 15.2. The summed E-state index contributed by atoms with van der Waals surface area (Å²) in [5.74, 6) is 0.718. The van der Waals surface area contributed by atoms with Gasteiger partial charge in [-0.2, -0.15) is 0 Å². The third kappa shape index (κ3) is 4.39. The number of benzene rings is 1. The Hall–Kier alpha value is -2.21. The van der Waals surface area contributed by atoms with E-state index in [4.69, 9.17) is 22.7 Å². The Morgan fingerprint density at radius 2 is 2.29 bits per heavy atom. The van der Waals surface area contributed by atoms with Gasteiger partial charge in [-0.3, -0.25) is 4.57 Å². The van der Waals surface area contributed by atoms with E-state index in [9.17, 15) is 4.79 Å². The van der Waals surface area contributed by atoms with Crippen molar-refractivity contribution >= 4 is 17.2 Å². The van der Waals surface area contributed by atoms with Gasteiger partial charge in [-0.25, -0.2) is 9.78 Å². The van der Waals surface area contributed by atoms with E-state index >= 15 is 0 Å². The number of hydrogen-bond acceptors (Lipinski definition) is 4. The first-order valence-electron chi connectivity index (χ1n) is 6.62. The van der Waals surface area contributed by atoms with E-state index in [1.165, 1.54) is 0 Å². The van der Waals surface area contributed by atoms with Crippen LogP contribution < -0.4 is 16.2 Å². The molecule has 0 bridgehead atoms. The summed E-state index contributed by atoms with van der Waals surface area (Å²) in [4.78, 5) is 15.7. The van der Waals surface area contributed by atoms with Gasteiger partial charge in [0.15, 0.2) is 0 Å². The number of nitrogens with zero attached hydrogens (tertiary/aromatic N) is 2. The fourth-order valence-electron chi connectivity index (χ4n) is 1.89. The molecule has 2 rings (SSSR count). The van der Waals surface area contributed by atoms with Crippen molar-refractivity contribution in [2.24, 2.45) is 5.73 Å². The van der Waals surface area contributed by atoms with Crippen LogP contribution in [0.1, 0.15) is 17.5 Å². The lowest BCUT2D eigenvalue weighted by atomic mass is 10.2. The van der Waals surface area contributed by atoms with E-state index in [0.717, 1.165) is 16.9 Å². The molecule has 5 nitrogen and oxygen atoms in total. The minimum Gasteiger partial charge on any atom is -0.494 e. The van der Waals surface area contributed by atoms with Gasteiger partial charge < -0.3 is 10.5 Å². The lowest BCUT2D eigenvalue weighted by Crippen LogP contribution is -2.23. The Morgan fingerprint density at radius 1 is 1.48 bits per heavy atom. The number of aromatic nitrogens is 2. The summed E-state index contributed by atoms with van der Waals surface area (Å²) in [7, 11) is 0. The van der Waals surface area contributed by atoms with Crippen LogP contribution in [0.15, 0.2) is 41.5 Å². The van der Waals surface area contributed by atoms with Crippen molar-refractivity contribution in [3.63, 3.8) is 0 Å². The molecule has 110 valence electrons. The fourth-order valence-corrected chi connectivity index (χ4v) is 2.02. The molecular formula is C15H17N3O2S. The molecule has 21 heavy (non-hydrogen) atoms. The molecule has 0 unspecified atom stereocenters. The van der Waals surface area contributed by atoms with Gasteiger partial charge in [0.2, 0.25) is 0 Å². The van der Waals surface area contributed by atoms with Crippen LogP contribution in [-0.2, 0) is 6.54 Å². The molecule has 1 aromatic heterocycles. The minimum absolute atomic E-state index is 0.240. The molecule has 0 radical (unpaired) electrons. The molecule has 0 atom stereocenters. The molecule has 0 spiro atoms. The average Bonchev–Trinajstić information content (AvgIpc) is 2.47. The molecule has 6 heteroatoms. The number of thiocarbonyl (C=S) groups is 1. The van der Waals surface area contributed by atoms with Crippen molar-refractivity contribution in [3.05, 3.63) is 58.3 Å². The van der Waals surface area contributed by atoms with Gasteiger partial charge in [0.1, 0.15) is 10.7 Å². The van der Waals surface area contributed by atoms with Gasteiger partial charge in [-0.05, 0) is 31.0 Å². The largest absolute Gasteiger partial charge is 0.494 e. The van der Waals surface area contributed by atoms with Crippen LogP contribution in [-0.4, -0.2) is 21.1 Å². The Balaban J connectivity index is 1.87. The zero-order valence-corrected chi connectivity index (χ0v) is 12.6. The number of nitrogens with two attached hydrogens (primary N) is 1. The predicted octanol–water partition coefficient (Wildman–Crippen LogP) is 1.66. The summed E-state index contributed by atoms with van der Waals surface area (Å²) in [5, 5.41) is 0. The van der Waals surface area contributed by atoms with E-state index < -0.39 is 0 Å². The van der Waals surface area contributed by atoms with Gasteiger partial charge in [-0.15, -0.1) is 0 Å². The SMILES string of the molecule is Cc1cnc(=O)n(CCCOc2cccc(C(N)=S)c2)c1. The van der Waals surface area contributed by atoms with Crippen LogP contribution in [0.3, 0.4) is 0 Å². The Kier molecular flexibility index (Phi) is 5.05. The van der Waals surface area contributed by atoms with Crippen molar-refractivity contribution in [3.8, 4) is 5.75 Å². The number of ether oxygens (including phenoxy) is 1. The molecule has 2 aromatic rings. The minimum atomic E-state index is -0.240. The van der Waals surface area contributed by atoms with Crippen LogP contribution >= 0.6 is 12.2 Å². The van der Waals surface area contributed by atoms with Crippen molar-refractivity contribution in [1.82, 2.24) is 9.55 Å². The Labute approximate surface area is 128 Å². The first-order valence-corrected chi connectivity index (χ1v) is 7.03. The van der Waals surface area contributed by atoms with E-state index in [1.54, 1.807) is 17.0 Å². The highest BCUT2D eigenvalue weighted by Gasteiger charge is 2.01. The standard InChI is InChI=1S/C15H17N3O2S/c1-11-9-17-15(19)18(10-11)6-3-7-20-13-5-2-4-12(8-13)14(16)21/h2,4-5,8-10H,3,6-7H2,1H3,(H2,16,21). The summed E-state index contributed by atoms with van der Waals surface area (Å²) < 4.78 is 7.23. The summed E-state index contributed by atoms with van der Waals surface area (Å²) in [6.45, 7) is 2.98. The lowest BCUT2D eigenvalue weighted by Gasteiger charge is -2.09. The normalized spacial score (nSPS) is 10.3. The summed E-state index contributed by atoms with van der Waals surface area (Å²) >= 11 is 4.92. The first kappa shape index (κ1) is 15.2. The summed E-state index contributed by atoms with van der Waals surface area (Å²) in [6.07, 6.45) is 4.07. The third-order valence-corrected chi connectivity index (χ3v) is 3.15. The van der Waals surface area contributed by atoms with Crippen LogP contribution in [0.4, 0.5) is 0 Å². The van der Waals surface area contributed by atoms with E-state index in [1.807, 2.05) is 31.2 Å². The summed E-state index contributed by atoms with van der Waals surface area (Å²) in [5.41, 5.74) is 7.07. The maximum absolute atomic E-state index is 11.5. The Bertz CT molecular complexity index is 697. The second-order valence-corrected chi connectivity index (χ2v) is 5.14. The average molecular weight is 303 g/mol. The first-order chi connectivity index (χ1) is 10.1. The zero-order valence-electron chi connectivity index (χ0n) is 11.8. The Morgan fingerprint density at radius 3 is 3.05 bits per heavy atom. The fraction of sp³-hybridized carbons (Fsp3) is 0.267. The molecule has 1 aromatic carbocycles. The smallest absolute Gasteiger partial charge is 0.347 e. The third-order valence-electron chi connectivity index (χ3n) is 2.91. The van der Waals surface area contributed by atoms with Crippen molar-refractivity contribution in [2.75, 3.05) is 6.61 Å². The second-order valence-electron chi connectivity index (χ2n) is 4.70. The molecule has 0 aliphatic carbocycles. The van der Waals surface area contributed by atoms with Crippen LogP contribution in [0.5, 0.6) is 5.75 Å². The maximum atomic E-state index is 11.5. The number of aryl methyl sites for hydroxylation is 2. The topological polar surface area (TPSA) is 70.1 Å². The highest BCUT2D eigenvalue weighted by atomic mass is 32.1. The van der Waals surface area contributed by atoms with Gasteiger partial charge in [-0.1, -0.05) is 24.4 Å². The van der Waals surface area contributed by atoms with Gasteiger partial charge >= 0.3 is 5.69 Å². The maximum Gasteiger partial charge on any atom is 0.347 e. The molecule has 2 N–H and O–H groups in total.